The molecule has 2 fully saturated rings. The van der Waals surface area contributed by atoms with E-state index in [-0.39, 0.29) is 23.4 Å². The van der Waals surface area contributed by atoms with Crippen LogP contribution in [-0.4, -0.2) is 54.8 Å². The lowest BCUT2D eigenvalue weighted by atomic mass is 9.99. The van der Waals surface area contributed by atoms with E-state index in [0.29, 0.717) is 37.5 Å². The molecule has 132 valence electrons. The summed E-state index contributed by atoms with van der Waals surface area (Å²) in [5.41, 5.74) is 0.387. The maximum atomic E-state index is 12.4. The van der Waals surface area contributed by atoms with Crippen LogP contribution in [0.25, 0.3) is 0 Å². The minimum atomic E-state index is -3.29. The molecule has 1 aromatic heterocycles. The molecule has 24 heavy (non-hydrogen) atoms. The van der Waals surface area contributed by atoms with Crippen molar-refractivity contribution in [3.63, 3.8) is 0 Å². The Hall–Kier alpha value is -1.74. The van der Waals surface area contributed by atoms with Crippen LogP contribution in [-0.2, 0) is 21.2 Å². The van der Waals surface area contributed by atoms with Crippen molar-refractivity contribution in [2.75, 3.05) is 19.3 Å². The molecule has 2 N–H and O–H groups in total. The zero-order valence-corrected chi connectivity index (χ0v) is 14.4. The lowest BCUT2D eigenvalue weighted by molar-refractivity contribution is -0.130. The van der Waals surface area contributed by atoms with E-state index in [1.807, 2.05) is 0 Å². The zero-order valence-electron chi connectivity index (χ0n) is 13.6. The van der Waals surface area contributed by atoms with Crippen molar-refractivity contribution in [3.8, 4) is 0 Å². The molecule has 1 aliphatic carbocycles. The summed E-state index contributed by atoms with van der Waals surface area (Å²) in [6.45, 7) is 1.03. The van der Waals surface area contributed by atoms with Crippen molar-refractivity contribution in [2.24, 2.45) is 11.8 Å². The SMILES string of the molecule is CS(=O)(=O)N[C@H]1CN(C(=O)CCc2ccc(=O)[nH]n2)C[C@@H]1C1CC1. The normalized spacial score (nSPS) is 24.3. The number of aromatic amines is 1. The van der Waals surface area contributed by atoms with E-state index in [1.54, 1.807) is 11.0 Å². The Kier molecular flexibility index (Phi) is 4.73. The number of H-pyrrole nitrogens is 1. The molecule has 0 radical (unpaired) electrons. The van der Waals surface area contributed by atoms with E-state index in [2.05, 4.69) is 14.9 Å². The third kappa shape index (κ3) is 4.41. The van der Waals surface area contributed by atoms with Gasteiger partial charge in [-0.25, -0.2) is 18.2 Å². The molecule has 3 rings (SSSR count). The van der Waals surface area contributed by atoms with Gasteiger partial charge in [-0.1, -0.05) is 0 Å². The fourth-order valence-electron chi connectivity index (χ4n) is 3.34. The Morgan fingerprint density at radius 3 is 2.71 bits per heavy atom. The Bertz CT molecular complexity index is 751. The van der Waals surface area contributed by atoms with Gasteiger partial charge in [0.2, 0.25) is 15.9 Å². The Morgan fingerprint density at radius 2 is 2.12 bits per heavy atom. The number of nitrogens with one attached hydrogen (secondary N) is 2. The number of amides is 1. The molecule has 8 nitrogen and oxygen atoms in total. The third-order valence-electron chi connectivity index (χ3n) is 4.64. The first kappa shape index (κ1) is 17.1. The van der Waals surface area contributed by atoms with Gasteiger partial charge in [-0.05, 0) is 30.7 Å². The van der Waals surface area contributed by atoms with E-state index in [0.717, 1.165) is 19.1 Å². The second kappa shape index (κ2) is 6.64. The van der Waals surface area contributed by atoms with Crippen molar-refractivity contribution >= 4 is 15.9 Å². The van der Waals surface area contributed by atoms with Gasteiger partial charge in [0.15, 0.2) is 0 Å². The molecular formula is C15H22N4O4S. The van der Waals surface area contributed by atoms with Gasteiger partial charge in [-0.2, -0.15) is 5.10 Å². The van der Waals surface area contributed by atoms with E-state index >= 15 is 0 Å². The number of aromatic nitrogens is 2. The molecule has 2 aliphatic rings. The Balaban J connectivity index is 1.58. The van der Waals surface area contributed by atoms with Gasteiger partial charge in [0, 0.05) is 38.0 Å². The van der Waals surface area contributed by atoms with Crippen molar-refractivity contribution in [2.45, 2.75) is 31.7 Å². The van der Waals surface area contributed by atoms with Crippen LogP contribution in [0, 0.1) is 11.8 Å². The third-order valence-corrected chi connectivity index (χ3v) is 5.37. The van der Waals surface area contributed by atoms with Gasteiger partial charge in [0.1, 0.15) is 0 Å². The van der Waals surface area contributed by atoms with Gasteiger partial charge in [0.25, 0.3) is 5.56 Å². The van der Waals surface area contributed by atoms with Crippen LogP contribution in [0.15, 0.2) is 16.9 Å². The van der Waals surface area contributed by atoms with E-state index in [1.165, 1.54) is 6.07 Å². The van der Waals surface area contributed by atoms with Crippen molar-refractivity contribution in [1.82, 2.24) is 19.8 Å². The van der Waals surface area contributed by atoms with Gasteiger partial charge in [-0.3, -0.25) is 9.59 Å². The zero-order chi connectivity index (χ0) is 17.3. The fraction of sp³-hybridized carbons (Fsp3) is 0.667. The standard InChI is InChI=1S/C15H22N4O4S/c1-24(22,23)18-13-9-19(8-12(13)10-2-3-10)15(21)7-5-11-4-6-14(20)17-16-11/h4,6,10,12-13,18H,2-3,5,7-9H2,1H3,(H,17,20)/t12-,13+/m1/s1. The minimum Gasteiger partial charge on any atom is -0.341 e. The van der Waals surface area contributed by atoms with Crippen LogP contribution in [0.3, 0.4) is 0 Å². The van der Waals surface area contributed by atoms with E-state index < -0.39 is 10.0 Å². The molecule has 1 saturated heterocycles. The summed E-state index contributed by atoms with van der Waals surface area (Å²) in [4.78, 5) is 25.2. The van der Waals surface area contributed by atoms with Crippen LogP contribution in [0.4, 0.5) is 0 Å². The van der Waals surface area contributed by atoms with Gasteiger partial charge >= 0.3 is 0 Å². The maximum absolute atomic E-state index is 12.4. The first-order chi connectivity index (χ1) is 11.3. The fourth-order valence-corrected chi connectivity index (χ4v) is 4.14. The number of hydrogen-bond acceptors (Lipinski definition) is 5. The summed E-state index contributed by atoms with van der Waals surface area (Å²) in [6.07, 6.45) is 4.11. The quantitative estimate of drug-likeness (QED) is 0.714. The maximum Gasteiger partial charge on any atom is 0.264 e. The van der Waals surface area contributed by atoms with Crippen LogP contribution in [0.2, 0.25) is 0 Å². The molecule has 2 heterocycles. The van der Waals surface area contributed by atoms with Crippen molar-refractivity contribution in [3.05, 3.63) is 28.2 Å². The van der Waals surface area contributed by atoms with Gasteiger partial charge < -0.3 is 4.90 Å². The van der Waals surface area contributed by atoms with Crippen LogP contribution in [0.1, 0.15) is 25.0 Å². The molecule has 2 atom stereocenters. The number of rotatable bonds is 6. The van der Waals surface area contributed by atoms with Crippen molar-refractivity contribution in [1.29, 1.82) is 0 Å². The summed E-state index contributed by atoms with van der Waals surface area (Å²) >= 11 is 0. The Labute approximate surface area is 140 Å². The second-order valence-electron chi connectivity index (χ2n) is 6.71. The first-order valence-corrected chi connectivity index (χ1v) is 10.0. The number of nitrogens with zero attached hydrogens (tertiary/aromatic N) is 2. The largest absolute Gasteiger partial charge is 0.341 e. The first-order valence-electron chi connectivity index (χ1n) is 8.11. The van der Waals surface area contributed by atoms with Crippen LogP contribution < -0.4 is 10.3 Å². The molecule has 1 saturated carbocycles. The molecular weight excluding hydrogens is 332 g/mol. The highest BCUT2D eigenvalue weighted by molar-refractivity contribution is 7.88. The van der Waals surface area contributed by atoms with Crippen LogP contribution >= 0.6 is 0 Å². The molecule has 1 aromatic rings. The monoisotopic (exact) mass is 354 g/mol. The predicted molar refractivity (Wildman–Crippen MR) is 87.7 cm³/mol. The molecule has 1 aliphatic heterocycles. The summed E-state index contributed by atoms with van der Waals surface area (Å²) in [6, 6.07) is 2.80. The highest BCUT2D eigenvalue weighted by Crippen LogP contribution is 2.41. The summed E-state index contributed by atoms with van der Waals surface area (Å²) in [5, 5.41) is 6.24. The highest BCUT2D eigenvalue weighted by atomic mass is 32.2. The predicted octanol–water partition coefficient (Wildman–Crippen LogP) is -0.511. The number of aryl methyl sites for hydroxylation is 1. The summed E-state index contributed by atoms with van der Waals surface area (Å²) in [5.74, 6) is 0.712. The van der Waals surface area contributed by atoms with E-state index in [9.17, 15) is 18.0 Å². The lowest BCUT2D eigenvalue weighted by Crippen LogP contribution is -2.41. The van der Waals surface area contributed by atoms with Crippen LogP contribution in [0.5, 0.6) is 0 Å². The summed E-state index contributed by atoms with van der Waals surface area (Å²) in [7, 11) is -3.29. The molecule has 9 heteroatoms. The molecule has 0 unspecified atom stereocenters. The number of sulfonamides is 1. The summed E-state index contributed by atoms with van der Waals surface area (Å²) < 4.78 is 25.8. The van der Waals surface area contributed by atoms with Crippen molar-refractivity contribution < 1.29 is 13.2 Å². The molecule has 0 spiro atoms. The Morgan fingerprint density at radius 1 is 1.38 bits per heavy atom. The molecule has 0 bridgehead atoms. The topological polar surface area (TPSA) is 112 Å². The smallest absolute Gasteiger partial charge is 0.264 e. The molecule has 0 aromatic carbocycles. The van der Waals surface area contributed by atoms with Gasteiger partial charge in [-0.15, -0.1) is 0 Å². The molecule has 1 amide bonds. The number of carbonyl (C=O) groups excluding carboxylic acids is 1. The number of likely N-dealkylation sites (tertiary alicyclic amines) is 1. The highest BCUT2D eigenvalue weighted by Gasteiger charge is 2.44. The average molecular weight is 354 g/mol. The minimum absolute atomic E-state index is 0.00792. The van der Waals surface area contributed by atoms with E-state index in [4.69, 9.17) is 0 Å². The second-order valence-corrected chi connectivity index (χ2v) is 8.49. The lowest BCUT2D eigenvalue weighted by Gasteiger charge is -2.17. The number of hydrogen-bond donors (Lipinski definition) is 2. The average Bonchev–Trinajstić information content (AvgIpc) is 3.26. The van der Waals surface area contributed by atoms with Gasteiger partial charge in [0.05, 0.1) is 11.9 Å². The number of carbonyl (C=O) groups is 1.